The Labute approximate surface area is 163 Å². The first-order chi connectivity index (χ1) is 11.7. The van der Waals surface area contributed by atoms with Crippen LogP contribution < -0.4 is 21.3 Å². The molecule has 0 aliphatic carbocycles. The largest absolute Gasteiger partial charge is 0.366 e. The molecule has 1 aromatic rings. The highest BCUT2D eigenvalue weighted by molar-refractivity contribution is 7.98. The zero-order valence-corrected chi connectivity index (χ0v) is 17.2. The lowest BCUT2D eigenvalue weighted by Crippen LogP contribution is -2.33. The number of thioether (sulfide) groups is 2. The van der Waals surface area contributed by atoms with Crippen LogP contribution in [0.3, 0.4) is 0 Å². The molecule has 6 nitrogen and oxygen atoms in total. The van der Waals surface area contributed by atoms with E-state index in [0.717, 1.165) is 47.5 Å². The van der Waals surface area contributed by atoms with Gasteiger partial charge >= 0.3 is 0 Å². The van der Waals surface area contributed by atoms with Gasteiger partial charge in [0.15, 0.2) is 10.2 Å². The van der Waals surface area contributed by atoms with Gasteiger partial charge in [0.25, 0.3) is 0 Å². The van der Waals surface area contributed by atoms with Crippen molar-refractivity contribution in [1.29, 1.82) is 0 Å². The molecule has 0 atom stereocenters. The van der Waals surface area contributed by atoms with Gasteiger partial charge in [-0.25, -0.2) is 9.97 Å². The van der Waals surface area contributed by atoms with Gasteiger partial charge < -0.3 is 21.3 Å². The van der Waals surface area contributed by atoms with Crippen molar-refractivity contribution in [2.45, 2.75) is 11.5 Å². The number of hydrogen-bond acceptors (Lipinski definition) is 6. The van der Waals surface area contributed by atoms with Gasteiger partial charge in [-0.2, -0.15) is 23.5 Å². The third-order valence-corrected chi connectivity index (χ3v) is 5.48. The Morgan fingerprint density at radius 1 is 0.917 bits per heavy atom. The Bertz CT molecular complexity index is 473. The fraction of sp³-hybridized carbons (Fsp3) is 0.571. The summed E-state index contributed by atoms with van der Waals surface area (Å²) < 4.78 is 0. The SMILES string of the molecule is CNC(=S)NCCSCc1cc(CSCCNC(=S)NC)ncn1. The topological polar surface area (TPSA) is 73.9 Å². The molecule has 0 radical (unpaired) electrons. The Kier molecular flexibility index (Phi) is 11.9. The molecule has 1 heterocycles. The van der Waals surface area contributed by atoms with E-state index in [1.165, 1.54) is 0 Å². The predicted molar refractivity (Wildman–Crippen MR) is 114 cm³/mol. The minimum atomic E-state index is 0.682. The summed E-state index contributed by atoms with van der Waals surface area (Å²) in [5.41, 5.74) is 2.13. The van der Waals surface area contributed by atoms with Crippen molar-refractivity contribution >= 4 is 58.2 Å². The maximum absolute atomic E-state index is 5.03. The first-order valence-corrected chi connectivity index (χ1v) is 10.6. The van der Waals surface area contributed by atoms with E-state index in [1.54, 1.807) is 6.33 Å². The first-order valence-electron chi connectivity index (χ1n) is 7.52. The van der Waals surface area contributed by atoms with Crippen LogP contribution in [0.4, 0.5) is 0 Å². The Morgan fingerprint density at radius 3 is 1.79 bits per heavy atom. The van der Waals surface area contributed by atoms with Crippen LogP contribution in [-0.2, 0) is 11.5 Å². The minimum Gasteiger partial charge on any atom is -0.366 e. The lowest BCUT2D eigenvalue weighted by atomic mass is 10.4. The van der Waals surface area contributed by atoms with E-state index in [9.17, 15) is 0 Å². The second kappa shape index (κ2) is 13.5. The molecular weight excluding hydrogens is 380 g/mol. The van der Waals surface area contributed by atoms with Crippen LogP contribution >= 0.6 is 48.0 Å². The third kappa shape index (κ3) is 10.1. The second-order valence-electron chi connectivity index (χ2n) is 4.62. The second-order valence-corrected chi connectivity index (χ2v) is 7.64. The molecule has 10 heteroatoms. The van der Waals surface area contributed by atoms with Gasteiger partial charge in [-0.05, 0) is 30.5 Å². The summed E-state index contributed by atoms with van der Waals surface area (Å²) in [6, 6.07) is 2.08. The Morgan fingerprint density at radius 2 is 1.38 bits per heavy atom. The molecule has 1 rings (SSSR count). The van der Waals surface area contributed by atoms with Crippen LogP contribution in [0.25, 0.3) is 0 Å². The fourth-order valence-corrected chi connectivity index (χ4v) is 3.33. The maximum Gasteiger partial charge on any atom is 0.166 e. The number of rotatable bonds is 10. The molecule has 0 spiro atoms. The molecule has 0 aromatic carbocycles. The summed E-state index contributed by atoms with van der Waals surface area (Å²) in [5, 5.41) is 13.4. The smallest absolute Gasteiger partial charge is 0.166 e. The molecule has 0 aliphatic heterocycles. The summed E-state index contributed by atoms with van der Waals surface area (Å²) in [7, 11) is 3.63. The Balaban J connectivity index is 2.18. The fourth-order valence-electron chi connectivity index (χ4n) is 1.61. The zero-order valence-electron chi connectivity index (χ0n) is 13.9. The molecule has 0 amide bonds. The number of thiocarbonyl (C=S) groups is 2. The highest BCUT2D eigenvalue weighted by Gasteiger charge is 2.01. The van der Waals surface area contributed by atoms with Crippen molar-refractivity contribution in [3.63, 3.8) is 0 Å². The van der Waals surface area contributed by atoms with Crippen molar-refractivity contribution < 1.29 is 0 Å². The van der Waals surface area contributed by atoms with Crippen LogP contribution in [-0.4, -0.2) is 58.9 Å². The van der Waals surface area contributed by atoms with Crippen LogP contribution in [0.15, 0.2) is 12.4 Å². The molecule has 4 N–H and O–H groups in total. The van der Waals surface area contributed by atoms with Gasteiger partial charge in [0.1, 0.15) is 6.33 Å². The number of nitrogens with one attached hydrogen (secondary N) is 4. The molecule has 0 unspecified atom stereocenters. The van der Waals surface area contributed by atoms with Crippen LogP contribution in [0.2, 0.25) is 0 Å². The number of aromatic nitrogens is 2. The summed E-state index contributed by atoms with van der Waals surface area (Å²) in [6.45, 7) is 1.69. The monoisotopic (exact) mass is 404 g/mol. The summed E-state index contributed by atoms with van der Waals surface area (Å²) in [4.78, 5) is 8.66. The zero-order chi connectivity index (χ0) is 17.6. The average molecular weight is 405 g/mol. The van der Waals surface area contributed by atoms with Gasteiger partial charge in [-0.1, -0.05) is 0 Å². The highest BCUT2D eigenvalue weighted by atomic mass is 32.2. The lowest BCUT2D eigenvalue weighted by molar-refractivity contribution is 0.941. The van der Waals surface area contributed by atoms with Crippen molar-refractivity contribution in [1.82, 2.24) is 31.2 Å². The normalized spacial score (nSPS) is 10.1. The van der Waals surface area contributed by atoms with Crippen molar-refractivity contribution in [2.75, 3.05) is 38.7 Å². The summed E-state index contributed by atoms with van der Waals surface area (Å²) in [5.74, 6) is 3.72. The standard InChI is InChI=1S/C14H24N6S4/c1-15-13(21)17-3-5-23-8-11-7-12(20-10-19-11)9-24-6-4-18-14(22)16-2/h7,10H,3-6,8-9H2,1-2H3,(H2,15,17,21)(H2,16,18,22). The van der Waals surface area contributed by atoms with Gasteiger partial charge in [0.05, 0.1) is 11.4 Å². The molecule has 1 aromatic heterocycles. The van der Waals surface area contributed by atoms with Gasteiger partial charge in [-0.3, -0.25) is 0 Å². The molecule has 0 fully saturated rings. The quantitative estimate of drug-likeness (QED) is 0.337. The molecule has 24 heavy (non-hydrogen) atoms. The molecule has 0 aliphatic rings. The van der Waals surface area contributed by atoms with E-state index >= 15 is 0 Å². The van der Waals surface area contributed by atoms with Crippen molar-refractivity contribution in [3.8, 4) is 0 Å². The molecule has 134 valence electrons. The van der Waals surface area contributed by atoms with E-state index in [4.69, 9.17) is 24.4 Å². The van der Waals surface area contributed by atoms with Gasteiger partial charge in [-0.15, -0.1) is 0 Å². The number of nitrogens with zero attached hydrogens (tertiary/aromatic N) is 2. The molecule has 0 bridgehead atoms. The van der Waals surface area contributed by atoms with Crippen LogP contribution in [0, 0.1) is 0 Å². The van der Waals surface area contributed by atoms with E-state index in [2.05, 4.69) is 37.3 Å². The summed E-state index contributed by atoms with van der Waals surface area (Å²) >= 11 is 13.7. The molecule has 0 saturated carbocycles. The first kappa shape index (κ1) is 21.2. The van der Waals surface area contributed by atoms with E-state index in [1.807, 2.05) is 37.6 Å². The van der Waals surface area contributed by atoms with Crippen LogP contribution in [0.5, 0.6) is 0 Å². The Hall–Kier alpha value is -0.840. The maximum atomic E-state index is 5.03. The molecular formula is C14H24N6S4. The average Bonchev–Trinajstić information content (AvgIpc) is 2.61. The lowest BCUT2D eigenvalue weighted by Gasteiger charge is -2.07. The number of hydrogen-bond donors (Lipinski definition) is 4. The minimum absolute atomic E-state index is 0.682. The highest BCUT2D eigenvalue weighted by Crippen LogP contribution is 2.13. The summed E-state index contributed by atoms with van der Waals surface area (Å²) in [6.07, 6.45) is 1.65. The van der Waals surface area contributed by atoms with Gasteiger partial charge in [0, 0.05) is 50.2 Å². The van der Waals surface area contributed by atoms with Crippen LogP contribution in [0.1, 0.15) is 11.4 Å². The molecule has 0 saturated heterocycles. The van der Waals surface area contributed by atoms with Gasteiger partial charge in [0.2, 0.25) is 0 Å². The van der Waals surface area contributed by atoms with E-state index in [-0.39, 0.29) is 0 Å². The van der Waals surface area contributed by atoms with E-state index < -0.39 is 0 Å². The third-order valence-electron chi connectivity index (χ3n) is 2.80. The van der Waals surface area contributed by atoms with Crippen molar-refractivity contribution in [2.24, 2.45) is 0 Å². The predicted octanol–water partition coefficient (Wildman–Crippen LogP) is 1.13. The van der Waals surface area contributed by atoms with E-state index in [0.29, 0.717) is 10.2 Å². The van der Waals surface area contributed by atoms with Crippen molar-refractivity contribution in [3.05, 3.63) is 23.8 Å².